The first-order chi connectivity index (χ1) is 13.6. The number of hydrogen-bond acceptors (Lipinski definition) is 4. The van der Waals surface area contributed by atoms with Gasteiger partial charge < -0.3 is 14.4 Å². The Labute approximate surface area is 169 Å². The normalized spacial score (nSPS) is 10.8. The molecule has 3 rings (SSSR count). The van der Waals surface area contributed by atoms with Crippen LogP contribution in [0.2, 0.25) is 5.15 Å². The number of aromatic nitrogens is 1. The molecule has 0 spiro atoms. The maximum absolute atomic E-state index is 12.6. The number of pyridine rings is 1. The first-order valence-electron chi connectivity index (χ1n) is 9.13. The van der Waals surface area contributed by atoms with Crippen molar-refractivity contribution in [3.63, 3.8) is 0 Å². The van der Waals surface area contributed by atoms with Crippen molar-refractivity contribution in [2.75, 3.05) is 20.3 Å². The molecular formula is C22H23ClN2O3. The van der Waals surface area contributed by atoms with Gasteiger partial charge in [-0.05, 0) is 36.8 Å². The van der Waals surface area contributed by atoms with Gasteiger partial charge in [0.05, 0.1) is 12.1 Å². The summed E-state index contributed by atoms with van der Waals surface area (Å²) in [5.41, 5.74) is 2.61. The monoisotopic (exact) mass is 398 g/mol. The molecule has 1 amide bonds. The summed E-state index contributed by atoms with van der Waals surface area (Å²) in [4.78, 5) is 18.8. The standard InChI is InChI=1S/C22H23ClN2O3/c1-3-28-19-9-10-20-17(12-19)11-18(22(23)24-20)14-25(21(26)15-27-2)13-16-7-5-4-6-8-16/h4-12H,3,13-15H2,1-2H3. The van der Waals surface area contributed by atoms with Crippen molar-refractivity contribution in [2.45, 2.75) is 20.0 Å². The third-order valence-electron chi connectivity index (χ3n) is 4.32. The van der Waals surface area contributed by atoms with E-state index in [1.807, 2.05) is 61.5 Å². The van der Waals surface area contributed by atoms with Crippen molar-refractivity contribution in [3.8, 4) is 5.75 Å². The molecule has 1 aromatic heterocycles. The summed E-state index contributed by atoms with van der Waals surface area (Å²) < 4.78 is 10.6. The summed E-state index contributed by atoms with van der Waals surface area (Å²) in [7, 11) is 1.51. The number of methoxy groups -OCH3 is 1. The van der Waals surface area contributed by atoms with Gasteiger partial charge in [-0.15, -0.1) is 0 Å². The zero-order valence-electron chi connectivity index (χ0n) is 16.0. The van der Waals surface area contributed by atoms with E-state index in [0.29, 0.717) is 24.8 Å². The van der Waals surface area contributed by atoms with Crippen LogP contribution in [0.25, 0.3) is 10.9 Å². The summed E-state index contributed by atoms with van der Waals surface area (Å²) in [5.74, 6) is 0.673. The van der Waals surface area contributed by atoms with Crippen molar-refractivity contribution in [3.05, 3.63) is 70.9 Å². The van der Waals surface area contributed by atoms with Crippen molar-refractivity contribution < 1.29 is 14.3 Å². The van der Waals surface area contributed by atoms with Crippen LogP contribution in [0.3, 0.4) is 0 Å². The number of rotatable bonds is 8. The number of halogens is 1. The van der Waals surface area contributed by atoms with Gasteiger partial charge in [0.2, 0.25) is 5.91 Å². The van der Waals surface area contributed by atoms with Crippen LogP contribution >= 0.6 is 11.6 Å². The molecule has 28 heavy (non-hydrogen) atoms. The SMILES string of the molecule is CCOc1ccc2nc(Cl)c(CN(Cc3ccccc3)C(=O)COC)cc2c1. The van der Waals surface area contributed by atoms with Crippen molar-refractivity contribution >= 4 is 28.4 Å². The number of ether oxygens (including phenoxy) is 2. The van der Waals surface area contributed by atoms with Gasteiger partial charge in [-0.1, -0.05) is 41.9 Å². The average molecular weight is 399 g/mol. The van der Waals surface area contributed by atoms with E-state index < -0.39 is 0 Å². The summed E-state index contributed by atoms with van der Waals surface area (Å²) in [6.45, 7) is 3.36. The summed E-state index contributed by atoms with van der Waals surface area (Å²) in [5, 5.41) is 1.31. The molecule has 0 saturated heterocycles. The fraction of sp³-hybridized carbons (Fsp3) is 0.273. The van der Waals surface area contributed by atoms with Gasteiger partial charge in [0.15, 0.2) is 0 Å². The van der Waals surface area contributed by atoms with E-state index >= 15 is 0 Å². The lowest BCUT2D eigenvalue weighted by atomic mass is 10.1. The van der Waals surface area contributed by atoms with E-state index in [0.717, 1.165) is 27.8 Å². The molecule has 5 nitrogen and oxygen atoms in total. The highest BCUT2D eigenvalue weighted by atomic mass is 35.5. The van der Waals surface area contributed by atoms with Crippen LogP contribution in [0.15, 0.2) is 54.6 Å². The van der Waals surface area contributed by atoms with E-state index in [4.69, 9.17) is 21.1 Å². The van der Waals surface area contributed by atoms with Gasteiger partial charge in [-0.2, -0.15) is 0 Å². The Bertz CT molecular complexity index is 947. The smallest absolute Gasteiger partial charge is 0.249 e. The van der Waals surface area contributed by atoms with Gasteiger partial charge in [-0.25, -0.2) is 4.98 Å². The highest BCUT2D eigenvalue weighted by Crippen LogP contribution is 2.26. The van der Waals surface area contributed by atoms with E-state index in [9.17, 15) is 4.79 Å². The number of amides is 1. The summed E-state index contributed by atoms with van der Waals surface area (Å²) >= 11 is 6.42. The van der Waals surface area contributed by atoms with E-state index in [1.54, 1.807) is 4.90 Å². The van der Waals surface area contributed by atoms with Gasteiger partial charge in [0.25, 0.3) is 0 Å². The van der Waals surface area contributed by atoms with Crippen LogP contribution < -0.4 is 4.74 Å². The Kier molecular flexibility index (Phi) is 6.85. The summed E-state index contributed by atoms with van der Waals surface area (Å²) in [6.07, 6.45) is 0. The fourth-order valence-corrected chi connectivity index (χ4v) is 3.20. The minimum Gasteiger partial charge on any atom is -0.494 e. The topological polar surface area (TPSA) is 51.7 Å². The van der Waals surface area contributed by atoms with Crippen LogP contribution in [0, 0.1) is 0 Å². The molecule has 0 unspecified atom stereocenters. The van der Waals surface area contributed by atoms with Crippen LogP contribution in [-0.4, -0.2) is 36.1 Å². The quantitative estimate of drug-likeness (QED) is 0.525. The second-order valence-electron chi connectivity index (χ2n) is 6.39. The Hall–Kier alpha value is -2.63. The number of carbonyl (C=O) groups excluding carboxylic acids is 1. The van der Waals surface area contributed by atoms with Crippen LogP contribution in [-0.2, 0) is 22.6 Å². The zero-order valence-corrected chi connectivity index (χ0v) is 16.8. The van der Waals surface area contributed by atoms with Crippen molar-refractivity contribution in [2.24, 2.45) is 0 Å². The second-order valence-corrected chi connectivity index (χ2v) is 6.75. The number of hydrogen-bond donors (Lipinski definition) is 0. The van der Waals surface area contributed by atoms with E-state index in [1.165, 1.54) is 7.11 Å². The molecule has 0 N–H and O–H groups in total. The number of benzene rings is 2. The first kappa shape index (κ1) is 20.1. The molecule has 0 bridgehead atoms. The van der Waals surface area contributed by atoms with Crippen molar-refractivity contribution in [1.82, 2.24) is 9.88 Å². The zero-order chi connectivity index (χ0) is 19.9. The molecule has 0 aliphatic heterocycles. The maximum atomic E-state index is 12.6. The molecule has 146 valence electrons. The predicted molar refractivity (Wildman–Crippen MR) is 110 cm³/mol. The number of nitrogens with zero attached hydrogens (tertiary/aromatic N) is 2. The van der Waals surface area contributed by atoms with Gasteiger partial charge in [0.1, 0.15) is 17.5 Å². The molecule has 0 fully saturated rings. The lowest BCUT2D eigenvalue weighted by Gasteiger charge is -2.23. The lowest BCUT2D eigenvalue weighted by Crippen LogP contribution is -2.33. The van der Waals surface area contributed by atoms with E-state index in [2.05, 4.69) is 4.98 Å². The minimum atomic E-state index is -0.106. The highest BCUT2D eigenvalue weighted by molar-refractivity contribution is 6.30. The average Bonchev–Trinajstić information content (AvgIpc) is 2.69. The molecule has 1 heterocycles. The number of carbonyl (C=O) groups is 1. The number of fused-ring (bicyclic) bond motifs is 1. The Morgan fingerprint density at radius 2 is 1.89 bits per heavy atom. The molecule has 0 radical (unpaired) electrons. The first-order valence-corrected chi connectivity index (χ1v) is 9.51. The van der Waals surface area contributed by atoms with Gasteiger partial charge >= 0.3 is 0 Å². The van der Waals surface area contributed by atoms with Crippen LogP contribution in [0.4, 0.5) is 0 Å². The molecule has 0 aliphatic carbocycles. The second kappa shape index (κ2) is 9.53. The molecular weight excluding hydrogens is 376 g/mol. The molecule has 6 heteroatoms. The van der Waals surface area contributed by atoms with Crippen molar-refractivity contribution in [1.29, 1.82) is 0 Å². The Morgan fingerprint density at radius 1 is 1.11 bits per heavy atom. The predicted octanol–water partition coefficient (Wildman–Crippen LogP) is 4.46. The molecule has 0 aliphatic rings. The van der Waals surface area contributed by atoms with Gasteiger partial charge in [-0.3, -0.25) is 4.79 Å². The lowest BCUT2D eigenvalue weighted by molar-refractivity contribution is -0.136. The molecule has 3 aromatic rings. The van der Waals surface area contributed by atoms with Crippen LogP contribution in [0.1, 0.15) is 18.1 Å². The molecule has 2 aromatic carbocycles. The minimum absolute atomic E-state index is 0.0138. The largest absolute Gasteiger partial charge is 0.494 e. The third-order valence-corrected chi connectivity index (χ3v) is 4.65. The maximum Gasteiger partial charge on any atom is 0.249 e. The van der Waals surface area contributed by atoms with Crippen LogP contribution in [0.5, 0.6) is 5.75 Å². The Morgan fingerprint density at radius 3 is 2.61 bits per heavy atom. The van der Waals surface area contributed by atoms with E-state index in [-0.39, 0.29) is 12.5 Å². The molecule has 0 atom stereocenters. The molecule has 0 saturated carbocycles. The highest BCUT2D eigenvalue weighted by Gasteiger charge is 2.17. The Balaban J connectivity index is 1.90. The fourth-order valence-electron chi connectivity index (χ4n) is 3.00. The third kappa shape index (κ3) is 5.00. The van der Waals surface area contributed by atoms with Gasteiger partial charge in [0, 0.05) is 31.1 Å². The summed E-state index contributed by atoms with van der Waals surface area (Å²) in [6, 6.07) is 17.5.